The summed E-state index contributed by atoms with van der Waals surface area (Å²) in [5, 5.41) is 0. The van der Waals surface area contributed by atoms with E-state index in [2.05, 4.69) is 42.5 Å². The van der Waals surface area contributed by atoms with Crippen molar-refractivity contribution < 1.29 is 8.42 Å². The molecule has 1 N–H and O–H groups in total. The molecule has 140 valence electrons. The van der Waals surface area contributed by atoms with Crippen LogP contribution in [0.25, 0.3) is 0 Å². The van der Waals surface area contributed by atoms with E-state index in [0.29, 0.717) is 11.4 Å². The minimum atomic E-state index is -3.49. The summed E-state index contributed by atoms with van der Waals surface area (Å²) in [5.41, 5.74) is 2.29. The Balaban J connectivity index is 1.68. The van der Waals surface area contributed by atoms with Crippen LogP contribution in [-0.2, 0) is 15.4 Å². The smallest absolute Gasteiger partial charge is 0.240 e. The minimum absolute atomic E-state index is 0.00968. The van der Waals surface area contributed by atoms with Gasteiger partial charge in [0.15, 0.2) is 0 Å². The third-order valence-electron chi connectivity index (χ3n) is 5.00. The van der Waals surface area contributed by atoms with E-state index in [0.717, 1.165) is 30.6 Å². The molecule has 3 rings (SSSR count). The molecule has 0 radical (unpaired) electrons. The maximum atomic E-state index is 12.7. The molecule has 2 aromatic carbocycles. The van der Waals surface area contributed by atoms with Gasteiger partial charge in [0.05, 0.1) is 4.90 Å². The van der Waals surface area contributed by atoms with Crippen molar-refractivity contribution in [3.63, 3.8) is 0 Å². The van der Waals surface area contributed by atoms with Gasteiger partial charge in [0, 0.05) is 24.8 Å². The van der Waals surface area contributed by atoms with Crippen LogP contribution in [0.3, 0.4) is 0 Å². The number of hydrogen-bond donors (Lipinski definition) is 1. The summed E-state index contributed by atoms with van der Waals surface area (Å²) in [6.45, 7) is 7.75. The van der Waals surface area contributed by atoms with Crippen molar-refractivity contribution in [1.29, 1.82) is 0 Å². The number of nitrogens with one attached hydrogen (secondary N) is 1. The molecule has 1 aliphatic heterocycles. The molecule has 2 aromatic rings. The zero-order valence-electron chi connectivity index (χ0n) is 15.8. The molecule has 1 aliphatic rings. The summed E-state index contributed by atoms with van der Waals surface area (Å²) in [6.07, 6.45) is 2.09. The van der Waals surface area contributed by atoms with Gasteiger partial charge >= 0.3 is 0 Å². The van der Waals surface area contributed by atoms with Gasteiger partial charge in [0.1, 0.15) is 0 Å². The minimum Gasteiger partial charge on any atom is -0.367 e. The number of rotatable bonds is 5. The summed E-state index contributed by atoms with van der Waals surface area (Å²) in [7, 11) is -3.49. The van der Waals surface area contributed by atoms with Crippen LogP contribution in [0, 0.1) is 0 Å². The van der Waals surface area contributed by atoms with Gasteiger partial charge in [-0.15, -0.1) is 0 Å². The Morgan fingerprint density at radius 2 is 1.69 bits per heavy atom. The number of sulfonamides is 1. The average Bonchev–Trinajstić information content (AvgIpc) is 3.09. The maximum absolute atomic E-state index is 12.7. The Hall–Kier alpha value is -1.85. The number of nitrogens with zero attached hydrogens (tertiary/aromatic N) is 1. The summed E-state index contributed by atoms with van der Waals surface area (Å²) in [4.78, 5) is 2.63. The van der Waals surface area contributed by atoms with Crippen molar-refractivity contribution >= 4 is 15.7 Å². The lowest BCUT2D eigenvalue weighted by molar-refractivity contribution is 0.566. The molecule has 1 atom stereocenters. The number of para-hydroxylation sites is 1. The van der Waals surface area contributed by atoms with Gasteiger partial charge in [0.2, 0.25) is 10.0 Å². The van der Waals surface area contributed by atoms with E-state index in [1.165, 1.54) is 0 Å². The van der Waals surface area contributed by atoms with Crippen LogP contribution < -0.4 is 9.62 Å². The van der Waals surface area contributed by atoms with Gasteiger partial charge in [-0.3, -0.25) is 0 Å². The normalized spacial score (nSPS) is 18.3. The lowest BCUT2D eigenvalue weighted by Gasteiger charge is -2.27. The Kier molecular flexibility index (Phi) is 5.39. The van der Waals surface area contributed by atoms with Crippen LogP contribution in [0.1, 0.15) is 39.2 Å². The van der Waals surface area contributed by atoms with Gasteiger partial charge in [-0.05, 0) is 48.1 Å². The van der Waals surface area contributed by atoms with Crippen molar-refractivity contribution in [2.24, 2.45) is 0 Å². The fraction of sp³-hybridized carbons (Fsp3) is 0.429. The monoisotopic (exact) mass is 372 g/mol. The second-order valence-corrected chi connectivity index (χ2v) is 9.72. The highest BCUT2D eigenvalue weighted by Gasteiger charge is 2.26. The zero-order chi connectivity index (χ0) is 18.8. The number of hydrogen-bond acceptors (Lipinski definition) is 3. The molecular formula is C21H28N2O2S. The summed E-state index contributed by atoms with van der Waals surface area (Å²) in [5.74, 6) is 0. The van der Waals surface area contributed by atoms with Crippen LogP contribution >= 0.6 is 0 Å². The van der Waals surface area contributed by atoms with Crippen LogP contribution in [0.15, 0.2) is 59.5 Å². The third-order valence-corrected chi connectivity index (χ3v) is 6.44. The summed E-state index contributed by atoms with van der Waals surface area (Å²) < 4.78 is 28.1. The molecule has 0 spiro atoms. The quantitative estimate of drug-likeness (QED) is 0.865. The molecule has 5 heteroatoms. The average molecular weight is 373 g/mol. The van der Waals surface area contributed by atoms with E-state index < -0.39 is 10.0 Å². The topological polar surface area (TPSA) is 49.4 Å². The molecule has 4 nitrogen and oxygen atoms in total. The third kappa shape index (κ3) is 4.27. The molecule has 0 bridgehead atoms. The fourth-order valence-electron chi connectivity index (χ4n) is 3.43. The highest BCUT2D eigenvalue weighted by molar-refractivity contribution is 7.89. The standard InChI is InChI=1S/C21H28N2O2S/c1-21(2,3)17-11-13-20(14-12-17)26(24,25)22-16-19-10-7-15-23(19)18-8-5-4-6-9-18/h4-6,8-9,11-14,19,22H,7,10,15-16H2,1-3H3. The molecule has 1 fully saturated rings. The van der Waals surface area contributed by atoms with E-state index in [-0.39, 0.29) is 11.5 Å². The van der Waals surface area contributed by atoms with Crippen LogP contribution in [-0.4, -0.2) is 27.5 Å². The first kappa shape index (κ1) is 18.9. The largest absolute Gasteiger partial charge is 0.367 e. The second-order valence-electron chi connectivity index (χ2n) is 7.95. The van der Waals surface area contributed by atoms with E-state index in [4.69, 9.17) is 0 Å². The molecule has 1 saturated heterocycles. The van der Waals surface area contributed by atoms with Gasteiger partial charge in [-0.25, -0.2) is 13.1 Å². The number of anilines is 1. The maximum Gasteiger partial charge on any atom is 0.240 e. The van der Waals surface area contributed by atoms with Crippen LogP contribution in [0.4, 0.5) is 5.69 Å². The summed E-state index contributed by atoms with van der Waals surface area (Å²) in [6, 6.07) is 17.6. The van der Waals surface area contributed by atoms with Crippen molar-refractivity contribution in [1.82, 2.24) is 4.72 Å². The van der Waals surface area contributed by atoms with E-state index in [9.17, 15) is 8.42 Å². The van der Waals surface area contributed by atoms with Gasteiger partial charge in [0.25, 0.3) is 0 Å². The Labute approximate surface area is 157 Å². The van der Waals surface area contributed by atoms with E-state index in [1.54, 1.807) is 12.1 Å². The highest BCUT2D eigenvalue weighted by atomic mass is 32.2. The lowest BCUT2D eigenvalue weighted by Crippen LogP contribution is -2.40. The lowest BCUT2D eigenvalue weighted by atomic mass is 9.87. The van der Waals surface area contributed by atoms with Crippen molar-refractivity contribution in [2.45, 2.75) is 50.0 Å². The first-order valence-corrected chi connectivity index (χ1v) is 10.7. The Morgan fingerprint density at radius 1 is 1.04 bits per heavy atom. The van der Waals surface area contributed by atoms with Crippen molar-refractivity contribution in [3.05, 3.63) is 60.2 Å². The van der Waals surface area contributed by atoms with E-state index in [1.807, 2.05) is 30.3 Å². The second kappa shape index (κ2) is 7.41. The highest BCUT2D eigenvalue weighted by Crippen LogP contribution is 2.26. The molecule has 1 heterocycles. The molecule has 0 aromatic heterocycles. The van der Waals surface area contributed by atoms with Crippen molar-refractivity contribution in [3.8, 4) is 0 Å². The predicted octanol–water partition coefficient (Wildman–Crippen LogP) is 3.93. The SMILES string of the molecule is CC(C)(C)c1ccc(S(=O)(=O)NCC2CCCN2c2ccccc2)cc1. The number of benzene rings is 2. The predicted molar refractivity (Wildman–Crippen MR) is 107 cm³/mol. The fourth-order valence-corrected chi connectivity index (χ4v) is 4.50. The Bertz CT molecular complexity index is 825. The van der Waals surface area contributed by atoms with Gasteiger partial charge < -0.3 is 4.90 Å². The molecular weight excluding hydrogens is 344 g/mol. The summed E-state index contributed by atoms with van der Waals surface area (Å²) >= 11 is 0. The van der Waals surface area contributed by atoms with Crippen LogP contribution in [0.5, 0.6) is 0 Å². The first-order valence-electron chi connectivity index (χ1n) is 9.19. The van der Waals surface area contributed by atoms with Crippen molar-refractivity contribution in [2.75, 3.05) is 18.0 Å². The van der Waals surface area contributed by atoms with E-state index >= 15 is 0 Å². The molecule has 0 aliphatic carbocycles. The van der Waals surface area contributed by atoms with Crippen LogP contribution in [0.2, 0.25) is 0 Å². The molecule has 1 unspecified atom stereocenters. The molecule has 0 amide bonds. The van der Waals surface area contributed by atoms with Gasteiger partial charge in [-0.1, -0.05) is 51.1 Å². The Morgan fingerprint density at radius 3 is 2.31 bits per heavy atom. The van der Waals surface area contributed by atoms with Gasteiger partial charge in [-0.2, -0.15) is 0 Å². The molecule has 0 saturated carbocycles. The molecule has 26 heavy (non-hydrogen) atoms. The zero-order valence-corrected chi connectivity index (χ0v) is 16.6. The first-order chi connectivity index (χ1) is 12.3.